The third kappa shape index (κ3) is 26.3. The van der Waals surface area contributed by atoms with Gasteiger partial charge in [0.1, 0.15) is 36.3 Å². The van der Waals surface area contributed by atoms with E-state index in [2.05, 4.69) is 52.5 Å². The Kier molecular flexibility index (Phi) is 28.0. The molecule has 0 aliphatic rings. The van der Waals surface area contributed by atoms with Crippen molar-refractivity contribution < 1.29 is 68.1 Å². The fourth-order valence-corrected chi connectivity index (χ4v) is 5.51. The van der Waals surface area contributed by atoms with Crippen LogP contribution in [0.4, 0.5) is 0 Å². The first-order valence-corrected chi connectivity index (χ1v) is 20.4. The number of nitrogens with zero attached hydrogens (tertiary/aromatic N) is 2. The molecule has 0 heterocycles. The minimum absolute atomic E-state index is 0.00714. The van der Waals surface area contributed by atoms with Gasteiger partial charge < -0.3 is 92.3 Å². The number of carboxylic acid groups (broad SMARTS) is 2. The number of hydrogen-bond acceptors (Lipinski definition) is 15. The molecule has 30 nitrogen and oxygen atoms in total. The third-order valence-electron chi connectivity index (χ3n) is 8.71. The smallest absolute Gasteiger partial charge is 0.326 e. The maximum Gasteiger partial charge on any atom is 0.326 e. The summed E-state index contributed by atoms with van der Waals surface area (Å²) in [6.45, 7) is 0.269. The summed E-state index contributed by atoms with van der Waals surface area (Å²) >= 11 is 0. The Balaban J connectivity index is 5.89. The molecule has 0 radical (unpaired) electrons. The molecule has 0 spiro atoms. The molecule has 30 heteroatoms. The van der Waals surface area contributed by atoms with E-state index >= 15 is 0 Å². The predicted octanol–water partition coefficient (Wildman–Crippen LogP) is -8.94. The topological polar surface area (TPSA) is 526 Å². The van der Waals surface area contributed by atoms with Crippen LogP contribution in [0.2, 0.25) is 0 Å². The molecule has 372 valence electrons. The number of carbonyl (C=O) groups is 11. The van der Waals surface area contributed by atoms with Crippen molar-refractivity contribution in [2.45, 2.75) is 101 Å². The third-order valence-corrected chi connectivity index (χ3v) is 8.71. The molecule has 0 unspecified atom stereocenters. The minimum atomic E-state index is -1.78. The van der Waals surface area contributed by atoms with Crippen molar-refractivity contribution in [3.8, 4) is 0 Å². The van der Waals surface area contributed by atoms with Crippen molar-refractivity contribution in [1.29, 1.82) is 0 Å². The molecule has 0 rings (SSSR count). The number of hydrogen-bond donors (Lipinski definition) is 17. The summed E-state index contributed by atoms with van der Waals surface area (Å²) in [5.41, 5.74) is 31.8. The van der Waals surface area contributed by atoms with E-state index in [9.17, 15) is 68.1 Å². The van der Waals surface area contributed by atoms with Crippen LogP contribution in [0.5, 0.6) is 0 Å². The van der Waals surface area contributed by atoms with Crippen LogP contribution in [0.25, 0.3) is 0 Å². The van der Waals surface area contributed by atoms with Gasteiger partial charge in [0.05, 0.1) is 32.7 Å². The Labute approximate surface area is 378 Å². The van der Waals surface area contributed by atoms with Crippen LogP contribution in [0.1, 0.15) is 65.2 Å². The summed E-state index contributed by atoms with van der Waals surface area (Å²) in [7, 11) is 0. The van der Waals surface area contributed by atoms with Crippen molar-refractivity contribution in [3.05, 3.63) is 0 Å². The molecule has 0 aromatic heterocycles. The van der Waals surface area contributed by atoms with Gasteiger partial charge in [-0.15, -0.1) is 0 Å². The molecule has 0 aromatic rings. The summed E-state index contributed by atoms with van der Waals surface area (Å²) < 4.78 is 0. The second-order valence-corrected chi connectivity index (χ2v) is 14.8. The van der Waals surface area contributed by atoms with Crippen molar-refractivity contribution >= 4 is 77.0 Å². The number of primary amides is 1. The van der Waals surface area contributed by atoms with Crippen LogP contribution >= 0.6 is 0 Å². The van der Waals surface area contributed by atoms with Gasteiger partial charge in [-0.05, 0) is 44.4 Å². The van der Waals surface area contributed by atoms with Gasteiger partial charge in [0.25, 0.3) is 0 Å². The largest absolute Gasteiger partial charge is 0.481 e. The highest BCUT2D eigenvalue weighted by Gasteiger charge is 2.31. The van der Waals surface area contributed by atoms with Crippen molar-refractivity contribution in [3.63, 3.8) is 0 Å². The Hall–Kier alpha value is -7.37. The highest BCUT2D eigenvalue weighted by Crippen LogP contribution is 2.07. The fourth-order valence-electron chi connectivity index (χ4n) is 5.51. The molecule has 6 atom stereocenters. The SMILES string of the molecule is CC(C)C[C@H](NC(=O)[C@H](CO)NC(=O)[C@H](CCCN=C(N)N)NC(=O)CNC(=O)[C@H](CCC(N)=O)NC(=O)CNC(=O)[C@H](CC(=O)O)NC(=O)[C@H](CCCN=C(N)N)NC(=O)CN)C(=O)O. The van der Waals surface area contributed by atoms with Gasteiger partial charge in [-0.1, -0.05) is 13.8 Å². The van der Waals surface area contributed by atoms with Gasteiger partial charge in [0.2, 0.25) is 53.2 Å². The van der Waals surface area contributed by atoms with Crippen LogP contribution in [0.3, 0.4) is 0 Å². The molecule has 9 amide bonds. The number of nitrogens with one attached hydrogen (secondary N) is 8. The van der Waals surface area contributed by atoms with Crippen LogP contribution < -0.4 is 76.9 Å². The number of guanidine groups is 2. The lowest BCUT2D eigenvalue weighted by Gasteiger charge is -2.24. The zero-order valence-corrected chi connectivity index (χ0v) is 36.6. The first-order valence-electron chi connectivity index (χ1n) is 20.4. The first kappa shape index (κ1) is 58.6. The molecule has 66 heavy (non-hydrogen) atoms. The van der Waals surface area contributed by atoms with Crippen LogP contribution in [0, 0.1) is 5.92 Å². The van der Waals surface area contributed by atoms with E-state index in [0.717, 1.165) is 0 Å². The summed E-state index contributed by atoms with van der Waals surface area (Å²) in [5.74, 6) is -12.5. The molecule has 23 N–H and O–H groups in total. The number of carbonyl (C=O) groups excluding carboxylic acids is 9. The van der Waals surface area contributed by atoms with Gasteiger partial charge in [0.15, 0.2) is 11.9 Å². The van der Waals surface area contributed by atoms with Gasteiger partial charge in [-0.25, -0.2) is 4.79 Å². The number of aliphatic carboxylic acids is 2. The summed E-state index contributed by atoms with van der Waals surface area (Å²) in [4.78, 5) is 146. The van der Waals surface area contributed by atoms with Gasteiger partial charge in [0, 0.05) is 19.5 Å². The number of aliphatic imine (C=N–C) groups is 2. The lowest BCUT2D eigenvalue weighted by Crippen LogP contribution is -2.58. The van der Waals surface area contributed by atoms with Crippen molar-refractivity contribution in [2.24, 2.45) is 50.3 Å². The quantitative estimate of drug-likeness (QED) is 0.0165. The molecule has 0 fully saturated rings. The van der Waals surface area contributed by atoms with E-state index in [1.54, 1.807) is 13.8 Å². The number of aliphatic hydroxyl groups excluding tert-OH is 1. The van der Waals surface area contributed by atoms with Gasteiger partial charge in [-0.2, -0.15) is 0 Å². The normalized spacial score (nSPS) is 13.3. The van der Waals surface area contributed by atoms with E-state index in [1.807, 2.05) is 0 Å². The monoisotopic (exact) mass is 944 g/mol. The van der Waals surface area contributed by atoms with E-state index in [1.165, 1.54) is 0 Å². The molecule has 0 bridgehead atoms. The zero-order valence-electron chi connectivity index (χ0n) is 36.6. The number of amides is 9. The van der Waals surface area contributed by atoms with E-state index in [-0.39, 0.29) is 63.0 Å². The van der Waals surface area contributed by atoms with E-state index in [4.69, 9.17) is 34.4 Å². The van der Waals surface area contributed by atoms with Gasteiger partial charge in [-0.3, -0.25) is 57.9 Å². The molecule has 0 aliphatic heterocycles. The molecule has 0 aromatic carbocycles. The standard InChI is InChI=1S/C36H64N16O14/c1-17(2)11-22(34(65)66)51-33(64)23(16-53)52-32(63)19(6-4-10-44-36(41)42)48-26(56)14-45-29(60)20(7-8-24(38)54)49-27(57)15-46-30(61)21(12-28(58)59)50-31(62)18(47-25(55)13-37)5-3-9-43-35(39)40/h17-23,53H,3-16,37H2,1-2H3,(H2,38,54)(H,45,60)(H,46,61)(H,47,55)(H,48,56)(H,49,57)(H,50,62)(H,51,64)(H,52,63)(H,58,59)(H,65,66)(H4,39,40,43)(H4,41,42,44)/t18-,19-,20-,21-,22-,23-/m0/s1. The average Bonchev–Trinajstić information content (AvgIpc) is 3.22. The maximum absolute atomic E-state index is 13.3. The predicted molar refractivity (Wildman–Crippen MR) is 231 cm³/mol. The molecular formula is C36H64N16O14. The Bertz CT molecular complexity index is 1770. The second kappa shape index (κ2) is 31.5. The minimum Gasteiger partial charge on any atom is -0.481 e. The van der Waals surface area contributed by atoms with E-state index in [0.29, 0.717) is 0 Å². The molecular weight excluding hydrogens is 880 g/mol. The lowest BCUT2D eigenvalue weighted by atomic mass is 10.0. The van der Waals surface area contributed by atoms with Crippen molar-refractivity contribution in [2.75, 3.05) is 39.3 Å². The van der Waals surface area contributed by atoms with Gasteiger partial charge >= 0.3 is 11.9 Å². The number of aliphatic hydroxyl groups is 1. The van der Waals surface area contributed by atoms with E-state index < -0.39 is 147 Å². The lowest BCUT2D eigenvalue weighted by molar-refractivity contribution is -0.143. The number of nitrogens with two attached hydrogens (primary N) is 6. The van der Waals surface area contributed by atoms with Crippen molar-refractivity contribution in [1.82, 2.24) is 42.5 Å². The second-order valence-electron chi connectivity index (χ2n) is 14.8. The number of carboxylic acids is 2. The first-order chi connectivity index (χ1) is 30.9. The molecule has 0 saturated heterocycles. The highest BCUT2D eigenvalue weighted by molar-refractivity contribution is 5.97. The summed E-state index contributed by atoms with van der Waals surface area (Å²) in [6.07, 6.45) is -1.78. The van der Waals surface area contributed by atoms with Crippen LogP contribution in [-0.2, 0) is 52.7 Å². The Morgan fingerprint density at radius 1 is 0.530 bits per heavy atom. The summed E-state index contributed by atoms with van der Waals surface area (Å²) in [6, 6.07) is -9.08. The summed E-state index contributed by atoms with van der Waals surface area (Å²) in [5, 5.41) is 46.6. The maximum atomic E-state index is 13.3. The number of rotatable bonds is 33. The highest BCUT2D eigenvalue weighted by atomic mass is 16.4. The molecule has 0 saturated carbocycles. The van der Waals surface area contributed by atoms with Crippen LogP contribution in [-0.4, -0.2) is 168 Å². The molecule has 0 aliphatic carbocycles. The Morgan fingerprint density at radius 3 is 1.33 bits per heavy atom. The average molecular weight is 945 g/mol. The Morgan fingerprint density at radius 2 is 0.939 bits per heavy atom. The van der Waals surface area contributed by atoms with Crippen LogP contribution in [0.15, 0.2) is 9.98 Å². The fraction of sp³-hybridized carbons (Fsp3) is 0.639. The zero-order chi connectivity index (χ0) is 50.5.